The minimum atomic E-state index is -0.837. The number of rotatable bonds is 8. The molecule has 2 unspecified atom stereocenters. The van der Waals surface area contributed by atoms with Crippen LogP contribution in [0.25, 0.3) is 0 Å². The fourth-order valence-corrected chi connectivity index (χ4v) is 3.92. The van der Waals surface area contributed by atoms with Gasteiger partial charge >= 0.3 is 0 Å². The zero-order valence-electron chi connectivity index (χ0n) is 19.4. The summed E-state index contributed by atoms with van der Waals surface area (Å²) in [5.41, 5.74) is 2.50. The summed E-state index contributed by atoms with van der Waals surface area (Å²) in [5.74, 6) is -0.372. The molecule has 2 heterocycles. The highest BCUT2D eigenvalue weighted by molar-refractivity contribution is 6.03. The number of hydrogen-bond donors (Lipinski definition) is 2. The van der Waals surface area contributed by atoms with Crippen molar-refractivity contribution in [2.45, 2.75) is 51.1 Å². The molecule has 0 bridgehead atoms. The lowest BCUT2D eigenvalue weighted by atomic mass is 9.87. The molecule has 0 spiro atoms. The number of anilines is 1. The Morgan fingerprint density at radius 3 is 2.56 bits per heavy atom. The summed E-state index contributed by atoms with van der Waals surface area (Å²) in [4.78, 5) is 32.9. The van der Waals surface area contributed by atoms with Crippen molar-refractivity contribution in [3.8, 4) is 0 Å². The van der Waals surface area contributed by atoms with Crippen LogP contribution in [0.5, 0.6) is 0 Å². The first-order valence-corrected chi connectivity index (χ1v) is 11.2. The first kappa shape index (κ1) is 23.9. The molecule has 1 aromatic carbocycles. The van der Waals surface area contributed by atoms with E-state index in [0.717, 1.165) is 24.9 Å². The Morgan fingerprint density at radius 2 is 2.00 bits per heavy atom. The SMILES string of the molecule is COCCNC(=O)C(c1cccnc1)N(C(=O)C1CCCN1)c1ccc(C(C)(C)C)cc1. The first-order chi connectivity index (χ1) is 15.3. The van der Waals surface area contributed by atoms with E-state index in [4.69, 9.17) is 4.74 Å². The molecule has 1 fully saturated rings. The predicted octanol–water partition coefficient (Wildman–Crippen LogP) is 2.97. The fourth-order valence-electron chi connectivity index (χ4n) is 3.92. The summed E-state index contributed by atoms with van der Waals surface area (Å²) in [5, 5.41) is 6.19. The van der Waals surface area contributed by atoms with Crippen molar-refractivity contribution in [3.63, 3.8) is 0 Å². The van der Waals surface area contributed by atoms with Crippen LogP contribution in [-0.2, 0) is 19.7 Å². The molecule has 0 radical (unpaired) electrons. The van der Waals surface area contributed by atoms with Crippen molar-refractivity contribution in [1.82, 2.24) is 15.6 Å². The highest BCUT2D eigenvalue weighted by atomic mass is 16.5. The van der Waals surface area contributed by atoms with Crippen molar-refractivity contribution < 1.29 is 14.3 Å². The number of aromatic nitrogens is 1. The summed E-state index contributed by atoms with van der Waals surface area (Å²) in [7, 11) is 1.59. The number of amides is 2. The molecule has 2 amide bonds. The van der Waals surface area contributed by atoms with E-state index in [1.807, 2.05) is 30.3 Å². The molecule has 0 aliphatic carbocycles. The third-order valence-electron chi connectivity index (χ3n) is 5.72. The van der Waals surface area contributed by atoms with Gasteiger partial charge in [-0.25, -0.2) is 0 Å². The summed E-state index contributed by atoms with van der Waals surface area (Å²) < 4.78 is 5.08. The van der Waals surface area contributed by atoms with Gasteiger partial charge in [-0.1, -0.05) is 39.0 Å². The van der Waals surface area contributed by atoms with E-state index in [1.54, 1.807) is 30.5 Å². The van der Waals surface area contributed by atoms with E-state index in [2.05, 4.69) is 36.4 Å². The van der Waals surface area contributed by atoms with Crippen LogP contribution in [0.2, 0.25) is 0 Å². The molecule has 2 N–H and O–H groups in total. The Kier molecular flexibility index (Phi) is 7.99. The van der Waals surface area contributed by atoms with Crippen LogP contribution in [0, 0.1) is 0 Å². The van der Waals surface area contributed by atoms with E-state index in [-0.39, 0.29) is 23.3 Å². The average Bonchev–Trinajstić information content (AvgIpc) is 3.32. The minimum Gasteiger partial charge on any atom is -0.383 e. The van der Waals surface area contributed by atoms with Gasteiger partial charge in [-0.05, 0) is 48.6 Å². The van der Waals surface area contributed by atoms with Gasteiger partial charge < -0.3 is 15.4 Å². The maximum Gasteiger partial charge on any atom is 0.247 e. The maximum atomic E-state index is 13.7. The van der Waals surface area contributed by atoms with Gasteiger partial charge in [0.05, 0.1) is 12.6 Å². The normalized spacial score (nSPS) is 17.1. The molecule has 1 aromatic heterocycles. The molecule has 2 atom stereocenters. The Hall–Kier alpha value is -2.77. The zero-order valence-corrected chi connectivity index (χ0v) is 19.4. The molecule has 172 valence electrons. The summed E-state index contributed by atoms with van der Waals surface area (Å²) in [6.07, 6.45) is 4.99. The summed E-state index contributed by atoms with van der Waals surface area (Å²) >= 11 is 0. The van der Waals surface area contributed by atoms with Gasteiger partial charge in [0.15, 0.2) is 0 Å². The molecule has 1 saturated heterocycles. The molecule has 1 aliphatic heterocycles. The quantitative estimate of drug-likeness (QED) is 0.619. The van der Waals surface area contributed by atoms with Gasteiger partial charge in [0.1, 0.15) is 6.04 Å². The van der Waals surface area contributed by atoms with Gasteiger partial charge in [0, 0.05) is 37.3 Å². The lowest BCUT2D eigenvalue weighted by molar-refractivity contribution is -0.127. The van der Waals surface area contributed by atoms with Crippen LogP contribution in [0.1, 0.15) is 50.8 Å². The van der Waals surface area contributed by atoms with Crippen molar-refractivity contribution in [2.24, 2.45) is 0 Å². The van der Waals surface area contributed by atoms with Gasteiger partial charge in [0.25, 0.3) is 0 Å². The fraction of sp³-hybridized carbons (Fsp3) is 0.480. The van der Waals surface area contributed by atoms with E-state index < -0.39 is 6.04 Å². The smallest absolute Gasteiger partial charge is 0.247 e. The van der Waals surface area contributed by atoms with E-state index in [0.29, 0.717) is 24.4 Å². The van der Waals surface area contributed by atoms with Crippen LogP contribution in [-0.4, -0.2) is 49.6 Å². The van der Waals surface area contributed by atoms with Crippen LogP contribution in [0.15, 0.2) is 48.8 Å². The molecule has 7 nitrogen and oxygen atoms in total. The van der Waals surface area contributed by atoms with Crippen molar-refractivity contribution >= 4 is 17.5 Å². The predicted molar refractivity (Wildman–Crippen MR) is 126 cm³/mol. The zero-order chi connectivity index (χ0) is 23.1. The third kappa shape index (κ3) is 5.72. The lowest BCUT2D eigenvalue weighted by Crippen LogP contribution is -2.50. The number of nitrogens with zero attached hydrogens (tertiary/aromatic N) is 2. The van der Waals surface area contributed by atoms with Crippen LogP contribution in [0.4, 0.5) is 5.69 Å². The second-order valence-electron chi connectivity index (χ2n) is 9.13. The molecule has 32 heavy (non-hydrogen) atoms. The number of carbonyl (C=O) groups excluding carboxylic acids is 2. The van der Waals surface area contributed by atoms with Gasteiger partial charge in [-0.2, -0.15) is 0 Å². The van der Waals surface area contributed by atoms with Crippen molar-refractivity contribution in [1.29, 1.82) is 0 Å². The number of pyridine rings is 1. The minimum absolute atomic E-state index is 0.0132. The Bertz CT molecular complexity index is 888. The Balaban J connectivity index is 2.04. The molecule has 3 rings (SSSR count). The molecular formula is C25H34N4O3. The van der Waals surface area contributed by atoms with Crippen molar-refractivity contribution in [3.05, 3.63) is 59.9 Å². The first-order valence-electron chi connectivity index (χ1n) is 11.2. The maximum absolute atomic E-state index is 13.7. The monoisotopic (exact) mass is 438 g/mol. The number of benzene rings is 1. The highest BCUT2D eigenvalue weighted by Gasteiger charge is 2.37. The molecule has 2 aromatic rings. The number of carbonyl (C=O) groups is 2. The van der Waals surface area contributed by atoms with Crippen LogP contribution >= 0.6 is 0 Å². The largest absolute Gasteiger partial charge is 0.383 e. The lowest BCUT2D eigenvalue weighted by Gasteiger charge is -2.33. The van der Waals surface area contributed by atoms with E-state index in [9.17, 15) is 9.59 Å². The second kappa shape index (κ2) is 10.7. The number of methoxy groups -OCH3 is 1. The van der Waals surface area contributed by atoms with E-state index in [1.165, 1.54) is 0 Å². The summed E-state index contributed by atoms with van der Waals surface area (Å²) in [6, 6.07) is 10.4. The summed E-state index contributed by atoms with van der Waals surface area (Å²) in [6.45, 7) is 7.99. The molecule has 0 saturated carbocycles. The Labute approximate surface area is 190 Å². The van der Waals surface area contributed by atoms with Crippen LogP contribution in [0.3, 0.4) is 0 Å². The second-order valence-corrected chi connectivity index (χ2v) is 9.13. The molecule has 7 heteroatoms. The van der Waals surface area contributed by atoms with Gasteiger partial charge in [-0.15, -0.1) is 0 Å². The highest BCUT2D eigenvalue weighted by Crippen LogP contribution is 2.31. The average molecular weight is 439 g/mol. The van der Waals surface area contributed by atoms with Crippen LogP contribution < -0.4 is 15.5 Å². The molecular weight excluding hydrogens is 404 g/mol. The van der Waals surface area contributed by atoms with Crippen molar-refractivity contribution in [2.75, 3.05) is 31.7 Å². The van der Waals surface area contributed by atoms with Gasteiger partial charge in [0.2, 0.25) is 11.8 Å². The topological polar surface area (TPSA) is 83.6 Å². The molecule has 1 aliphatic rings. The Morgan fingerprint density at radius 1 is 1.25 bits per heavy atom. The number of hydrogen-bond acceptors (Lipinski definition) is 5. The number of nitrogens with one attached hydrogen (secondary N) is 2. The van der Waals surface area contributed by atoms with Gasteiger partial charge in [-0.3, -0.25) is 19.5 Å². The standard InChI is InChI=1S/C25H34N4O3/c1-25(2,3)19-9-11-20(12-10-19)29(24(31)21-8-6-14-27-21)22(18-7-5-13-26-17-18)23(30)28-15-16-32-4/h5,7,9-13,17,21-22,27H,6,8,14-16H2,1-4H3,(H,28,30). The third-order valence-corrected chi connectivity index (χ3v) is 5.72. The van der Waals surface area contributed by atoms with E-state index >= 15 is 0 Å². The number of ether oxygens (including phenoxy) is 1.